The molecule has 3 rings (SSSR count). The summed E-state index contributed by atoms with van der Waals surface area (Å²) in [6.45, 7) is 3.82. The average Bonchev–Trinajstić information content (AvgIpc) is 2.76. The van der Waals surface area contributed by atoms with Crippen molar-refractivity contribution in [3.63, 3.8) is 0 Å². The summed E-state index contributed by atoms with van der Waals surface area (Å²) in [4.78, 5) is 30.8. The van der Waals surface area contributed by atoms with Gasteiger partial charge >= 0.3 is 0 Å². The summed E-state index contributed by atoms with van der Waals surface area (Å²) in [5, 5.41) is 6.34. The number of benzene rings is 1. The number of nitrogens with one attached hydrogen (secondary N) is 2. The molecule has 8 heteroatoms. The van der Waals surface area contributed by atoms with Crippen LogP contribution in [0.5, 0.6) is 0 Å². The third kappa shape index (κ3) is 6.44. The Morgan fingerprint density at radius 2 is 1.86 bits per heavy atom. The number of carbonyl (C=O) groups excluding carboxylic acids is 2. The molecular weight excluding hydrogens is 392 g/mol. The minimum absolute atomic E-state index is 0.0532. The van der Waals surface area contributed by atoms with Crippen LogP contribution < -0.4 is 15.5 Å². The van der Waals surface area contributed by atoms with Gasteiger partial charge in [-0.25, -0.2) is 4.98 Å². The van der Waals surface area contributed by atoms with Gasteiger partial charge in [-0.05, 0) is 36.8 Å². The van der Waals surface area contributed by atoms with Crippen molar-refractivity contribution in [2.45, 2.75) is 19.4 Å². The maximum atomic E-state index is 12.2. The molecule has 2 amide bonds. The number of halogens is 1. The molecule has 2 aromatic rings. The van der Waals surface area contributed by atoms with E-state index in [1.165, 1.54) is 0 Å². The van der Waals surface area contributed by atoms with Crippen LogP contribution in [0, 0.1) is 0 Å². The fourth-order valence-corrected chi connectivity index (χ4v) is 3.19. The maximum Gasteiger partial charge on any atom is 0.251 e. The van der Waals surface area contributed by atoms with E-state index in [0.29, 0.717) is 49.7 Å². The molecule has 0 radical (unpaired) electrons. The van der Waals surface area contributed by atoms with Gasteiger partial charge in [-0.2, -0.15) is 0 Å². The molecule has 154 valence electrons. The van der Waals surface area contributed by atoms with E-state index >= 15 is 0 Å². The Labute approximate surface area is 175 Å². The highest BCUT2D eigenvalue weighted by atomic mass is 35.5. The Morgan fingerprint density at radius 3 is 2.62 bits per heavy atom. The Hall–Kier alpha value is -2.64. The summed E-state index contributed by atoms with van der Waals surface area (Å²) in [6, 6.07) is 10.5. The minimum Gasteiger partial charge on any atom is -0.378 e. The molecule has 0 atom stereocenters. The Kier molecular flexibility index (Phi) is 7.84. The van der Waals surface area contributed by atoms with Crippen molar-refractivity contribution in [3.05, 3.63) is 58.7 Å². The van der Waals surface area contributed by atoms with Crippen molar-refractivity contribution in [3.8, 4) is 0 Å². The average molecular weight is 417 g/mol. The molecule has 1 aromatic carbocycles. The number of rotatable bonds is 8. The van der Waals surface area contributed by atoms with Gasteiger partial charge in [0.1, 0.15) is 5.82 Å². The normalized spacial score (nSPS) is 13.8. The molecule has 7 nitrogen and oxygen atoms in total. The Bertz CT molecular complexity index is 823. The molecule has 1 aliphatic heterocycles. The number of amides is 2. The van der Waals surface area contributed by atoms with Crippen LogP contribution in [0.3, 0.4) is 0 Å². The van der Waals surface area contributed by atoms with Crippen molar-refractivity contribution in [2.24, 2.45) is 0 Å². The van der Waals surface area contributed by atoms with E-state index in [2.05, 4.69) is 20.5 Å². The second-order valence-corrected chi connectivity index (χ2v) is 7.17. The topological polar surface area (TPSA) is 83.6 Å². The zero-order valence-corrected chi connectivity index (χ0v) is 17.0. The first-order valence-corrected chi connectivity index (χ1v) is 10.1. The Morgan fingerprint density at radius 1 is 1.10 bits per heavy atom. The van der Waals surface area contributed by atoms with Gasteiger partial charge in [0, 0.05) is 54.9 Å². The van der Waals surface area contributed by atoms with Crippen molar-refractivity contribution in [2.75, 3.05) is 37.7 Å². The first-order valence-electron chi connectivity index (χ1n) is 9.70. The van der Waals surface area contributed by atoms with Gasteiger partial charge in [0.05, 0.1) is 13.2 Å². The number of aromatic nitrogens is 1. The second-order valence-electron chi connectivity index (χ2n) is 6.73. The summed E-state index contributed by atoms with van der Waals surface area (Å²) in [7, 11) is 0. The number of pyridine rings is 1. The number of hydrogen-bond acceptors (Lipinski definition) is 5. The molecule has 2 N–H and O–H groups in total. The fraction of sp³-hybridized carbons (Fsp3) is 0.381. The maximum absolute atomic E-state index is 12.2. The van der Waals surface area contributed by atoms with E-state index in [0.717, 1.165) is 24.5 Å². The molecule has 1 aromatic heterocycles. The predicted molar refractivity (Wildman–Crippen MR) is 112 cm³/mol. The number of ether oxygens (including phenoxy) is 1. The first-order chi connectivity index (χ1) is 14.1. The molecule has 1 fully saturated rings. The van der Waals surface area contributed by atoms with Crippen LogP contribution in [0.15, 0.2) is 42.6 Å². The van der Waals surface area contributed by atoms with Crippen molar-refractivity contribution in [1.29, 1.82) is 0 Å². The lowest BCUT2D eigenvalue weighted by Gasteiger charge is -2.29. The van der Waals surface area contributed by atoms with Gasteiger partial charge in [0.25, 0.3) is 5.91 Å². The van der Waals surface area contributed by atoms with Crippen LogP contribution in [0.2, 0.25) is 5.02 Å². The van der Waals surface area contributed by atoms with Gasteiger partial charge < -0.3 is 20.3 Å². The number of nitrogens with zero attached hydrogens (tertiary/aromatic N) is 2. The zero-order valence-electron chi connectivity index (χ0n) is 16.2. The van der Waals surface area contributed by atoms with Crippen LogP contribution in [0.1, 0.15) is 28.8 Å². The van der Waals surface area contributed by atoms with E-state index in [-0.39, 0.29) is 11.8 Å². The molecule has 0 bridgehead atoms. The molecule has 0 aliphatic carbocycles. The number of anilines is 1. The van der Waals surface area contributed by atoms with Gasteiger partial charge in [0.15, 0.2) is 0 Å². The largest absolute Gasteiger partial charge is 0.378 e. The lowest BCUT2D eigenvalue weighted by Crippen LogP contribution is -2.37. The van der Waals surface area contributed by atoms with E-state index < -0.39 is 0 Å². The highest BCUT2D eigenvalue weighted by Gasteiger charge is 2.16. The Balaban J connectivity index is 1.39. The van der Waals surface area contributed by atoms with Crippen LogP contribution >= 0.6 is 11.6 Å². The van der Waals surface area contributed by atoms with Gasteiger partial charge in [-0.3, -0.25) is 9.59 Å². The monoisotopic (exact) mass is 416 g/mol. The van der Waals surface area contributed by atoms with Crippen LogP contribution in [0.25, 0.3) is 0 Å². The summed E-state index contributed by atoms with van der Waals surface area (Å²) in [5.74, 6) is 0.668. The summed E-state index contributed by atoms with van der Waals surface area (Å²) >= 11 is 5.82. The van der Waals surface area contributed by atoms with Crippen molar-refractivity contribution in [1.82, 2.24) is 15.6 Å². The predicted octanol–water partition coefficient (Wildman–Crippen LogP) is 2.40. The standard InChI is InChI=1S/C21H25ClN4O3/c22-18-7-5-16(6-8-18)21(28)24-10-2-4-19(27)25-15-17-3-1-9-23-20(17)26-11-13-29-14-12-26/h1,3,5-9H,2,4,10-15H2,(H,24,28)(H,25,27). The molecule has 0 spiro atoms. The lowest BCUT2D eigenvalue weighted by molar-refractivity contribution is -0.121. The molecular formula is C21H25ClN4O3. The minimum atomic E-state index is -0.174. The van der Waals surface area contributed by atoms with Gasteiger partial charge in [-0.15, -0.1) is 0 Å². The third-order valence-corrected chi connectivity index (χ3v) is 4.88. The second kappa shape index (κ2) is 10.8. The highest BCUT2D eigenvalue weighted by Crippen LogP contribution is 2.18. The highest BCUT2D eigenvalue weighted by molar-refractivity contribution is 6.30. The summed E-state index contributed by atoms with van der Waals surface area (Å²) in [6.07, 6.45) is 2.67. The van der Waals surface area contributed by atoms with E-state index in [1.54, 1.807) is 30.5 Å². The summed E-state index contributed by atoms with van der Waals surface area (Å²) in [5.41, 5.74) is 1.53. The molecule has 2 heterocycles. The number of morpholine rings is 1. The molecule has 0 saturated carbocycles. The van der Waals surface area contributed by atoms with Gasteiger partial charge in [-0.1, -0.05) is 17.7 Å². The molecule has 1 saturated heterocycles. The SMILES string of the molecule is O=C(CCCNC(=O)c1ccc(Cl)cc1)NCc1cccnc1N1CCOCC1. The van der Waals surface area contributed by atoms with Crippen LogP contribution in [0.4, 0.5) is 5.82 Å². The fourth-order valence-electron chi connectivity index (χ4n) is 3.06. The van der Waals surface area contributed by atoms with E-state index in [9.17, 15) is 9.59 Å². The molecule has 1 aliphatic rings. The zero-order chi connectivity index (χ0) is 20.5. The first kappa shape index (κ1) is 21.1. The van der Waals surface area contributed by atoms with Crippen LogP contribution in [-0.2, 0) is 16.1 Å². The van der Waals surface area contributed by atoms with E-state index in [4.69, 9.17) is 16.3 Å². The van der Waals surface area contributed by atoms with Gasteiger partial charge in [0.2, 0.25) is 5.91 Å². The van der Waals surface area contributed by atoms with Crippen molar-refractivity contribution < 1.29 is 14.3 Å². The molecule has 0 unspecified atom stereocenters. The summed E-state index contributed by atoms with van der Waals surface area (Å²) < 4.78 is 5.39. The smallest absolute Gasteiger partial charge is 0.251 e. The van der Waals surface area contributed by atoms with E-state index in [1.807, 2.05) is 12.1 Å². The third-order valence-electron chi connectivity index (χ3n) is 4.63. The number of hydrogen-bond donors (Lipinski definition) is 2. The lowest BCUT2D eigenvalue weighted by atomic mass is 10.2. The number of carbonyl (C=O) groups is 2. The quantitative estimate of drug-likeness (QED) is 0.645. The molecule has 29 heavy (non-hydrogen) atoms. The van der Waals surface area contributed by atoms with Crippen molar-refractivity contribution >= 4 is 29.2 Å². The van der Waals surface area contributed by atoms with Crippen LogP contribution in [-0.4, -0.2) is 49.6 Å².